The average Bonchev–Trinajstić information content (AvgIpc) is 2.43. The highest BCUT2D eigenvalue weighted by atomic mass is 19.1. The Labute approximate surface area is 111 Å². The van der Waals surface area contributed by atoms with Crippen LogP contribution in [0, 0.1) is 18.6 Å². The van der Waals surface area contributed by atoms with Gasteiger partial charge in [-0.1, -0.05) is 12.1 Å². The molecule has 1 aliphatic heterocycles. The van der Waals surface area contributed by atoms with E-state index in [9.17, 15) is 8.78 Å². The maximum Gasteiger partial charge on any atom is 0.136 e. The van der Waals surface area contributed by atoms with Crippen molar-refractivity contribution >= 4 is 5.69 Å². The van der Waals surface area contributed by atoms with E-state index >= 15 is 0 Å². The number of benzene rings is 2. The minimum Gasteiger partial charge on any atom is -0.385 e. The van der Waals surface area contributed by atoms with E-state index < -0.39 is 11.6 Å². The van der Waals surface area contributed by atoms with Gasteiger partial charge in [0.1, 0.15) is 11.6 Å². The van der Waals surface area contributed by atoms with Crippen LogP contribution >= 0.6 is 0 Å². The Hall–Kier alpha value is -1.90. The number of halogens is 2. The van der Waals surface area contributed by atoms with Crippen LogP contribution in [0.25, 0.3) is 11.1 Å². The molecule has 0 aliphatic carbocycles. The second kappa shape index (κ2) is 4.65. The lowest BCUT2D eigenvalue weighted by Crippen LogP contribution is -2.11. The standard InChI is InChI=1S/C16H15F2N/c1-10-4-6-13(17)15(16(10)18)12-5-7-14-11(9-12)3-2-8-19-14/h4-7,9,19H,2-3,8H2,1H3. The lowest BCUT2D eigenvalue weighted by Gasteiger charge is -2.19. The molecule has 98 valence electrons. The molecule has 2 aromatic carbocycles. The molecule has 0 saturated carbocycles. The first kappa shape index (κ1) is 12.2. The molecule has 0 unspecified atom stereocenters. The summed E-state index contributed by atoms with van der Waals surface area (Å²) in [5.41, 5.74) is 3.36. The molecule has 0 saturated heterocycles. The fourth-order valence-electron chi connectivity index (χ4n) is 2.55. The van der Waals surface area contributed by atoms with Gasteiger partial charge in [-0.25, -0.2) is 8.78 Å². The quantitative estimate of drug-likeness (QED) is 0.805. The molecule has 0 aromatic heterocycles. The molecule has 1 nitrogen and oxygen atoms in total. The lowest BCUT2D eigenvalue weighted by atomic mass is 9.96. The highest BCUT2D eigenvalue weighted by Gasteiger charge is 2.16. The Morgan fingerprint density at radius 1 is 1.11 bits per heavy atom. The topological polar surface area (TPSA) is 12.0 Å². The first-order valence-electron chi connectivity index (χ1n) is 6.48. The molecule has 0 atom stereocenters. The first-order valence-corrected chi connectivity index (χ1v) is 6.48. The van der Waals surface area contributed by atoms with E-state index in [0.29, 0.717) is 11.1 Å². The molecule has 19 heavy (non-hydrogen) atoms. The molecule has 0 bridgehead atoms. The summed E-state index contributed by atoms with van der Waals surface area (Å²) >= 11 is 0. The van der Waals surface area contributed by atoms with Crippen molar-refractivity contribution in [2.45, 2.75) is 19.8 Å². The second-order valence-electron chi connectivity index (χ2n) is 4.96. The van der Waals surface area contributed by atoms with Crippen molar-refractivity contribution in [1.29, 1.82) is 0 Å². The Bertz CT molecular complexity index is 635. The van der Waals surface area contributed by atoms with Crippen molar-refractivity contribution in [3.8, 4) is 11.1 Å². The third-order valence-corrected chi connectivity index (χ3v) is 3.62. The van der Waals surface area contributed by atoms with Gasteiger partial charge in [0.05, 0.1) is 5.56 Å². The highest BCUT2D eigenvalue weighted by Crippen LogP contribution is 2.32. The first-order chi connectivity index (χ1) is 9.16. The molecule has 0 fully saturated rings. The SMILES string of the molecule is Cc1ccc(F)c(-c2ccc3c(c2)CCCN3)c1F. The number of rotatable bonds is 1. The Balaban J connectivity index is 2.15. The van der Waals surface area contributed by atoms with Gasteiger partial charge in [0, 0.05) is 12.2 Å². The van der Waals surface area contributed by atoms with Gasteiger partial charge in [0.2, 0.25) is 0 Å². The van der Waals surface area contributed by atoms with Gasteiger partial charge in [-0.3, -0.25) is 0 Å². The summed E-state index contributed by atoms with van der Waals surface area (Å²) < 4.78 is 28.0. The van der Waals surface area contributed by atoms with Crippen LogP contribution < -0.4 is 5.32 Å². The van der Waals surface area contributed by atoms with Gasteiger partial charge in [-0.2, -0.15) is 0 Å². The van der Waals surface area contributed by atoms with E-state index in [4.69, 9.17) is 0 Å². The molecule has 1 heterocycles. The van der Waals surface area contributed by atoms with Gasteiger partial charge in [-0.15, -0.1) is 0 Å². The molecular weight excluding hydrogens is 244 g/mol. The zero-order valence-corrected chi connectivity index (χ0v) is 10.8. The monoisotopic (exact) mass is 259 g/mol. The van der Waals surface area contributed by atoms with Crippen LogP contribution in [0.1, 0.15) is 17.5 Å². The van der Waals surface area contributed by atoms with Crippen LogP contribution in [0.5, 0.6) is 0 Å². The highest BCUT2D eigenvalue weighted by molar-refractivity contribution is 5.70. The summed E-state index contributed by atoms with van der Waals surface area (Å²) in [6.07, 6.45) is 2.00. The Kier molecular flexibility index (Phi) is 2.97. The number of anilines is 1. The molecule has 1 aliphatic rings. The predicted molar refractivity (Wildman–Crippen MR) is 73.3 cm³/mol. The number of nitrogens with one attached hydrogen (secondary N) is 1. The van der Waals surface area contributed by atoms with Crippen LogP contribution in [-0.2, 0) is 6.42 Å². The number of hydrogen-bond donors (Lipinski definition) is 1. The molecule has 2 aromatic rings. The summed E-state index contributed by atoms with van der Waals surface area (Å²) in [6.45, 7) is 2.61. The maximum atomic E-state index is 14.1. The van der Waals surface area contributed by atoms with Gasteiger partial charge >= 0.3 is 0 Å². The van der Waals surface area contributed by atoms with Crippen molar-refractivity contribution in [3.63, 3.8) is 0 Å². The third-order valence-electron chi connectivity index (χ3n) is 3.62. The van der Waals surface area contributed by atoms with Gasteiger partial charge in [0.15, 0.2) is 0 Å². The summed E-state index contributed by atoms with van der Waals surface area (Å²) in [6, 6.07) is 8.37. The molecule has 0 spiro atoms. The smallest absolute Gasteiger partial charge is 0.136 e. The third kappa shape index (κ3) is 2.09. The van der Waals surface area contributed by atoms with E-state index in [2.05, 4.69) is 5.32 Å². The van der Waals surface area contributed by atoms with Crippen LogP contribution in [0.3, 0.4) is 0 Å². The van der Waals surface area contributed by atoms with Crippen LogP contribution in [0.15, 0.2) is 30.3 Å². The summed E-state index contributed by atoms with van der Waals surface area (Å²) in [5, 5.41) is 3.29. The van der Waals surface area contributed by atoms with E-state index in [1.807, 2.05) is 12.1 Å². The number of hydrogen-bond acceptors (Lipinski definition) is 1. The molecule has 3 heteroatoms. The summed E-state index contributed by atoms with van der Waals surface area (Å²) in [4.78, 5) is 0. The molecule has 0 radical (unpaired) electrons. The van der Waals surface area contributed by atoms with Crippen LogP contribution in [0.4, 0.5) is 14.5 Å². The van der Waals surface area contributed by atoms with Crippen molar-refractivity contribution in [2.75, 3.05) is 11.9 Å². The lowest BCUT2D eigenvalue weighted by molar-refractivity contribution is 0.583. The number of fused-ring (bicyclic) bond motifs is 1. The normalized spacial score (nSPS) is 13.8. The van der Waals surface area contributed by atoms with Gasteiger partial charge < -0.3 is 5.32 Å². The fraction of sp³-hybridized carbons (Fsp3) is 0.250. The second-order valence-corrected chi connectivity index (χ2v) is 4.96. The van der Waals surface area contributed by atoms with Crippen molar-refractivity contribution in [1.82, 2.24) is 0 Å². The fourth-order valence-corrected chi connectivity index (χ4v) is 2.55. The molecule has 1 N–H and O–H groups in total. The van der Waals surface area contributed by atoms with Crippen molar-refractivity contribution in [3.05, 3.63) is 53.1 Å². The van der Waals surface area contributed by atoms with E-state index in [0.717, 1.165) is 30.6 Å². The van der Waals surface area contributed by atoms with Gasteiger partial charge in [0.25, 0.3) is 0 Å². The largest absolute Gasteiger partial charge is 0.385 e. The molecular formula is C16H15F2N. The van der Waals surface area contributed by atoms with Crippen molar-refractivity contribution < 1.29 is 8.78 Å². The summed E-state index contributed by atoms with van der Waals surface area (Å²) in [5.74, 6) is -0.976. The Morgan fingerprint density at radius 3 is 2.79 bits per heavy atom. The van der Waals surface area contributed by atoms with Crippen LogP contribution in [0.2, 0.25) is 0 Å². The van der Waals surface area contributed by atoms with Gasteiger partial charge in [-0.05, 0) is 54.7 Å². The molecule has 3 rings (SSSR count). The maximum absolute atomic E-state index is 14.1. The van der Waals surface area contributed by atoms with E-state index in [-0.39, 0.29) is 5.56 Å². The Morgan fingerprint density at radius 2 is 1.95 bits per heavy atom. The number of aryl methyl sites for hydroxylation is 2. The average molecular weight is 259 g/mol. The van der Waals surface area contributed by atoms with Crippen LogP contribution in [-0.4, -0.2) is 6.54 Å². The minimum absolute atomic E-state index is 0.0772. The molecule has 0 amide bonds. The van der Waals surface area contributed by atoms with E-state index in [1.165, 1.54) is 12.1 Å². The minimum atomic E-state index is -0.508. The van der Waals surface area contributed by atoms with E-state index in [1.54, 1.807) is 13.0 Å². The predicted octanol–water partition coefficient (Wildman–Crippen LogP) is 4.30. The zero-order valence-electron chi connectivity index (χ0n) is 10.8. The summed E-state index contributed by atoms with van der Waals surface area (Å²) in [7, 11) is 0. The zero-order chi connectivity index (χ0) is 13.4. The van der Waals surface area contributed by atoms with Crippen molar-refractivity contribution in [2.24, 2.45) is 0 Å².